The number of carbonyl (C=O) groups is 1. The van der Waals surface area contributed by atoms with E-state index in [0.717, 1.165) is 6.42 Å². The first kappa shape index (κ1) is 10.6. The molecule has 2 heteroatoms. The van der Waals surface area contributed by atoms with Gasteiger partial charge in [0, 0.05) is 11.5 Å². The van der Waals surface area contributed by atoms with Crippen LogP contribution in [0.5, 0.6) is 0 Å². The average molecular weight is 183 g/mol. The van der Waals surface area contributed by atoms with Crippen molar-refractivity contribution >= 4 is 5.91 Å². The van der Waals surface area contributed by atoms with Crippen LogP contribution in [-0.2, 0) is 4.79 Å². The van der Waals surface area contributed by atoms with Gasteiger partial charge in [0.25, 0.3) is 0 Å². The van der Waals surface area contributed by atoms with Crippen molar-refractivity contribution in [2.24, 2.45) is 17.8 Å². The van der Waals surface area contributed by atoms with Crippen LogP contribution in [-0.4, -0.2) is 11.4 Å². The maximum absolute atomic E-state index is 11.7. The summed E-state index contributed by atoms with van der Waals surface area (Å²) in [7, 11) is 0. The number of carbonyl (C=O) groups excluding carboxylic acids is 1. The van der Waals surface area contributed by atoms with Gasteiger partial charge in [-0.1, -0.05) is 20.3 Å². The Labute approximate surface area is 81.1 Å². The molecule has 1 aliphatic rings. The molecule has 0 saturated heterocycles. The molecule has 0 aliphatic heterocycles. The molecular formula is C11H21NO. The molecule has 0 aromatic heterocycles. The Morgan fingerprint density at radius 2 is 1.92 bits per heavy atom. The molecule has 76 valence electrons. The molecule has 1 N–H and O–H groups in total. The third-order valence-electron chi connectivity index (χ3n) is 2.83. The SMILES string of the molecule is CC[C@@H]1[C@@H](C)[C@@H]1C(=O)NC(C)(C)C. The van der Waals surface area contributed by atoms with E-state index in [1.165, 1.54) is 0 Å². The molecule has 3 atom stereocenters. The van der Waals surface area contributed by atoms with Crippen molar-refractivity contribution in [3.8, 4) is 0 Å². The highest BCUT2D eigenvalue weighted by molar-refractivity contribution is 5.82. The van der Waals surface area contributed by atoms with E-state index >= 15 is 0 Å². The molecule has 0 bridgehead atoms. The lowest BCUT2D eigenvalue weighted by molar-refractivity contribution is -0.124. The van der Waals surface area contributed by atoms with E-state index in [0.29, 0.717) is 11.8 Å². The van der Waals surface area contributed by atoms with Gasteiger partial charge in [-0.05, 0) is 32.6 Å². The largest absolute Gasteiger partial charge is 0.351 e. The Kier molecular flexibility index (Phi) is 2.69. The normalized spacial score (nSPS) is 32.8. The minimum Gasteiger partial charge on any atom is -0.351 e. The summed E-state index contributed by atoms with van der Waals surface area (Å²) in [4.78, 5) is 11.7. The zero-order valence-corrected chi connectivity index (χ0v) is 9.35. The molecule has 1 aliphatic carbocycles. The lowest BCUT2D eigenvalue weighted by Crippen LogP contribution is -2.41. The van der Waals surface area contributed by atoms with Crippen molar-refractivity contribution in [1.82, 2.24) is 5.32 Å². The summed E-state index contributed by atoms with van der Waals surface area (Å²) in [6.45, 7) is 10.4. The van der Waals surface area contributed by atoms with Crippen LogP contribution in [0.4, 0.5) is 0 Å². The summed E-state index contributed by atoms with van der Waals surface area (Å²) in [6.07, 6.45) is 1.13. The Morgan fingerprint density at radius 1 is 1.38 bits per heavy atom. The van der Waals surface area contributed by atoms with Crippen molar-refractivity contribution in [1.29, 1.82) is 0 Å². The van der Waals surface area contributed by atoms with E-state index in [1.54, 1.807) is 0 Å². The molecule has 0 unspecified atom stereocenters. The predicted molar refractivity (Wildman–Crippen MR) is 54.3 cm³/mol. The molecule has 0 radical (unpaired) electrons. The van der Waals surface area contributed by atoms with Gasteiger partial charge in [-0.3, -0.25) is 4.79 Å². The third kappa shape index (κ3) is 2.45. The second kappa shape index (κ2) is 3.32. The number of rotatable bonds is 2. The molecule has 1 saturated carbocycles. The van der Waals surface area contributed by atoms with Crippen LogP contribution in [0, 0.1) is 17.8 Å². The quantitative estimate of drug-likeness (QED) is 0.698. The van der Waals surface area contributed by atoms with Gasteiger partial charge in [0.1, 0.15) is 0 Å². The molecule has 1 amide bonds. The topological polar surface area (TPSA) is 29.1 Å². The number of amides is 1. The van der Waals surface area contributed by atoms with E-state index in [-0.39, 0.29) is 17.4 Å². The lowest BCUT2D eigenvalue weighted by Gasteiger charge is -2.20. The number of nitrogens with one attached hydrogen (secondary N) is 1. The summed E-state index contributed by atoms with van der Waals surface area (Å²) < 4.78 is 0. The van der Waals surface area contributed by atoms with Gasteiger partial charge < -0.3 is 5.32 Å². The Morgan fingerprint density at radius 3 is 2.23 bits per heavy atom. The monoisotopic (exact) mass is 183 g/mol. The minimum absolute atomic E-state index is 0.0856. The molecule has 0 spiro atoms. The first-order chi connectivity index (χ1) is 5.87. The Hall–Kier alpha value is -0.530. The van der Waals surface area contributed by atoms with Crippen LogP contribution in [0.1, 0.15) is 41.0 Å². The molecule has 0 heterocycles. The molecule has 2 nitrogen and oxygen atoms in total. The molecule has 0 aromatic carbocycles. The van der Waals surface area contributed by atoms with Gasteiger partial charge in [0.2, 0.25) is 5.91 Å². The van der Waals surface area contributed by atoms with E-state index in [4.69, 9.17) is 0 Å². The zero-order chi connectivity index (χ0) is 10.2. The van der Waals surface area contributed by atoms with E-state index < -0.39 is 0 Å². The lowest BCUT2D eigenvalue weighted by atomic mass is 10.1. The predicted octanol–water partition coefficient (Wildman–Crippen LogP) is 2.19. The molecule has 13 heavy (non-hydrogen) atoms. The van der Waals surface area contributed by atoms with E-state index in [9.17, 15) is 4.79 Å². The summed E-state index contributed by atoms with van der Waals surface area (Å²) in [5.74, 6) is 1.74. The second-order valence-electron chi connectivity index (χ2n) is 5.20. The van der Waals surface area contributed by atoms with Crippen LogP contribution in [0.25, 0.3) is 0 Å². The third-order valence-corrected chi connectivity index (χ3v) is 2.83. The van der Waals surface area contributed by atoms with Crippen molar-refractivity contribution < 1.29 is 4.79 Å². The highest BCUT2D eigenvalue weighted by Crippen LogP contribution is 2.48. The van der Waals surface area contributed by atoms with E-state index in [2.05, 4.69) is 19.2 Å². The fraction of sp³-hybridized carbons (Fsp3) is 0.909. The van der Waals surface area contributed by atoms with Gasteiger partial charge in [-0.15, -0.1) is 0 Å². The summed E-state index contributed by atoms with van der Waals surface area (Å²) >= 11 is 0. The highest BCUT2D eigenvalue weighted by Gasteiger charge is 2.50. The maximum Gasteiger partial charge on any atom is 0.224 e. The summed E-state index contributed by atoms with van der Waals surface area (Å²) in [5, 5.41) is 3.04. The van der Waals surface area contributed by atoms with Crippen molar-refractivity contribution in [2.75, 3.05) is 0 Å². The Balaban J connectivity index is 2.43. The van der Waals surface area contributed by atoms with Crippen molar-refractivity contribution in [3.05, 3.63) is 0 Å². The molecule has 1 rings (SSSR count). The smallest absolute Gasteiger partial charge is 0.224 e. The van der Waals surface area contributed by atoms with Crippen LogP contribution in [0.15, 0.2) is 0 Å². The average Bonchev–Trinajstić information content (AvgIpc) is 2.57. The fourth-order valence-electron chi connectivity index (χ4n) is 2.06. The maximum atomic E-state index is 11.7. The molecule has 0 aromatic rings. The van der Waals surface area contributed by atoms with Gasteiger partial charge in [-0.25, -0.2) is 0 Å². The molecular weight excluding hydrogens is 162 g/mol. The Bertz CT molecular complexity index is 205. The van der Waals surface area contributed by atoms with Crippen LogP contribution in [0.2, 0.25) is 0 Å². The summed E-state index contributed by atoms with van der Waals surface area (Å²) in [5.41, 5.74) is -0.0856. The van der Waals surface area contributed by atoms with Gasteiger partial charge in [0.05, 0.1) is 0 Å². The van der Waals surface area contributed by atoms with Crippen molar-refractivity contribution in [3.63, 3.8) is 0 Å². The standard InChI is InChI=1S/C11H21NO/c1-6-8-7(2)9(8)10(13)12-11(3,4)5/h7-9H,6H2,1-5H3,(H,12,13)/t7-,8-,9+/m1/s1. The summed E-state index contributed by atoms with van der Waals surface area (Å²) in [6, 6.07) is 0. The van der Waals surface area contributed by atoms with E-state index in [1.807, 2.05) is 20.8 Å². The zero-order valence-electron chi connectivity index (χ0n) is 9.35. The van der Waals surface area contributed by atoms with Crippen LogP contribution in [0.3, 0.4) is 0 Å². The molecule has 1 fully saturated rings. The van der Waals surface area contributed by atoms with Crippen molar-refractivity contribution in [2.45, 2.75) is 46.6 Å². The van der Waals surface area contributed by atoms with Gasteiger partial charge in [0.15, 0.2) is 0 Å². The van der Waals surface area contributed by atoms with Crippen LogP contribution < -0.4 is 5.32 Å². The number of hydrogen-bond acceptors (Lipinski definition) is 1. The highest BCUT2D eigenvalue weighted by atomic mass is 16.2. The number of hydrogen-bond donors (Lipinski definition) is 1. The van der Waals surface area contributed by atoms with Gasteiger partial charge in [-0.2, -0.15) is 0 Å². The van der Waals surface area contributed by atoms with Crippen LogP contribution >= 0.6 is 0 Å². The fourth-order valence-corrected chi connectivity index (χ4v) is 2.06. The van der Waals surface area contributed by atoms with Gasteiger partial charge >= 0.3 is 0 Å². The first-order valence-corrected chi connectivity index (χ1v) is 5.19. The second-order valence-corrected chi connectivity index (χ2v) is 5.20. The minimum atomic E-state index is -0.0856. The first-order valence-electron chi connectivity index (χ1n) is 5.19.